The molecule has 1 aromatic carbocycles. The molecule has 0 aliphatic carbocycles. The second kappa shape index (κ2) is 5.73. The number of nitrogens with zero attached hydrogens (tertiary/aromatic N) is 1. The minimum absolute atomic E-state index is 0.0447. The third-order valence-corrected chi connectivity index (χ3v) is 2.95. The minimum Gasteiger partial charge on any atom is -0.508 e. The van der Waals surface area contributed by atoms with E-state index in [1.165, 1.54) is 18.7 Å². The molecule has 0 saturated heterocycles. The summed E-state index contributed by atoms with van der Waals surface area (Å²) in [5, 5.41) is 18.2. The van der Waals surface area contributed by atoms with Gasteiger partial charge in [0.1, 0.15) is 5.75 Å². The van der Waals surface area contributed by atoms with Gasteiger partial charge in [-0.25, -0.2) is 0 Å². The summed E-state index contributed by atoms with van der Waals surface area (Å²) in [7, 11) is 1.63. The lowest BCUT2D eigenvalue weighted by Crippen LogP contribution is -2.34. The van der Waals surface area contributed by atoms with Crippen LogP contribution >= 0.6 is 0 Å². The summed E-state index contributed by atoms with van der Waals surface area (Å²) >= 11 is 0. The number of carboxylic acids is 1. The molecule has 0 radical (unpaired) electrons. The Labute approximate surface area is 112 Å². The Balaban J connectivity index is 2.63. The van der Waals surface area contributed by atoms with Crippen molar-refractivity contribution in [1.82, 2.24) is 4.90 Å². The molecule has 2 N–H and O–H groups in total. The van der Waals surface area contributed by atoms with Gasteiger partial charge in [-0.3, -0.25) is 9.59 Å². The molecule has 1 amide bonds. The lowest BCUT2D eigenvalue weighted by molar-refractivity contribution is -0.151. The molecule has 5 heteroatoms. The van der Waals surface area contributed by atoms with Gasteiger partial charge in [-0.05, 0) is 31.5 Å². The van der Waals surface area contributed by atoms with Crippen molar-refractivity contribution in [2.45, 2.75) is 26.8 Å². The first kappa shape index (κ1) is 15.0. The van der Waals surface area contributed by atoms with Crippen molar-refractivity contribution < 1.29 is 19.8 Å². The van der Waals surface area contributed by atoms with E-state index in [-0.39, 0.29) is 18.1 Å². The van der Waals surface area contributed by atoms with Crippen molar-refractivity contribution in [2.75, 3.05) is 7.05 Å². The number of aromatic hydroxyl groups is 1. The molecule has 0 heterocycles. The number of rotatable bonds is 5. The van der Waals surface area contributed by atoms with Gasteiger partial charge in [-0.2, -0.15) is 0 Å². The predicted molar refractivity (Wildman–Crippen MR) is 70.6 cm³/mol. The largest absolute Gasteiger partial charge is 0.508 e. The van der Waals surface area contributed by atoms with Crippen LogP contribution in [0.1, 0.15) is 25.8 Å². The number of carbonyl (C=O) groups is 2. The zero-order valence-corrected chi connectivity index (χ0v) is 11.4. The molecular formula is C14H19NO4. The maximum absolute atomic E-state index is 11.9. The number of hydrogen-bond acceptors (Lipinski definition) is 3. The summed E-state index contributed by atoms with van der Waals surface area (Å²) in [6.45, 7) is 3.44. The van der Waals surface area contributed by atoms with Gasteiger partial charge >= 0.3 is 5.97 Å². The van der Waals surface area contributed by atoms with E-state index in [2.05, 4.69) is 0 Å². The van der Waals surface area contributed by atoms with Gasteiger partial charge in [0.05, 0.1) is 5.41 Å². The fourth-order valence-electron chi connectivity index (χ4n) is 1.55. The molecule has 1 aromatic rings. The van der Waals surface area contributed by atoms with E-state index in [1.807, 2.05) is 0 Å². The SMILES string of the molecule is CN(Cc1ccc(O)cc1)C(=O)CC(C)(C)C(=O)O. The van der Waals surface area contributed by atoms with Crippen molar-refractivity contribution in [3.63, 3.8) is 0 Å². The molecule has 0 unspecified atom stereocenters. The van der Waals surface area contributed by atoms with Gasteiger partial charge in [0, 0.05) is 20.0 Å². The van der Waals surface area contributed by atoms with Gasteiger partial charge in [0.15, 0.2) is 0 Å². The van der Waals surface area contributed by atoms with E-state index in [0.29, 0.717) is 6.54 Å². The first-order valence-corrected chi connectivity index (χ1v) is 5.97. The molecule has 1 rings (SSSR count). The zero-order chi connectivity index (χ0) is 14.6. The number of amides is 1. The molecule has 5 nitrogen and oxygen atoms in total. The molecular weight excluding hydrogens is 246 g/mol. The topological polar surface area (TPSA) is 77.8 Å². The fraction of sp³-hybridized carbons (Fsp3) is 0.429. The summed E-state index contributed by atoms with van der Waals surface area (Å²) in [5.74, 6) is -1.04. The molecule has 0 fully saturated rings. The molecule has 0 aliphatic rings. The smallest absolute Gasteiger partial charge is 0.309 e. The summed E-state index contributed by atoms with van der Waals surface area (Å²) in [6, 6.07) is 6.55. The van der Waals surface area contributed by atoms with Gasteiger partial charge < -0.3 is 15.1 Å². The Hall–Kier alpha value is -2.04. The number of carboxylic acid groups (broad SMARTS) is 1. The Morgan fingerprint density at radius 2 is 1.74 bits per heavy atom. The molecule has 0 spiro atoms. The monoisotopic (exact) mass is 265 g/mol. The summed E-state index contributed by atoms with van der Waals surface area (Å²) in [5.41, 5.74) is -0.192. The summed E-state index contributed by atoms with van der Waals surface area (Å²) in [6.07, 6.45) is -0.0447. The van der Waals surface area contributed by atoms with Gasteiger partial charge in [0.2, 0.25) is 5.91 Å². The Kier molecular flexibility index (Phi) is 4.53. The summed E-state index contributed by atoms with van der Waals surface area (Å²) in [4.78, 5) is 24.4. The second-order valence-corrected chi connectivity index (χ2v) is 5.28. The van der Waals surface area contributed by atoms with E-state index in [4.69, 9.17) is 10.2 Å². The average molecular weight is 265 g/mol. The first-order chi connectivity index (χ1) is 8.72. The second-order valence-electron chi connectivity index (χ2n) is 5.28. The average Bonchev–Trinajstić information content (AvgIpc) is 2.31. The minimum atomic E-state index is -1.07. The van der Waals surface area contributed by atoms with Crippen molar-refractivity contribution >= 4 is 11.9 Å². The lowest BCUT2D eigenvalue weighted by Gasteiger charge is -2.23. The van der Waals surface area contributed by atoms with Crippen LogP contribution in [-0.4, -0.2) is 34.0 Å². The quantitative estimate of drug-likeness (QED) is 0.851. The molecule has 104 valence electrons. The van der Waals surface area contributed by atoms with E-state index in [9.17, 15) is 9.59 Å². The molecule has 0 atom stereocenters. The Morgan fingerprint density at radius 3 is 2.21 bits per heavy atom. The van der Waals surface area contributed by atoms with Crippen molar-refractivity contribution in [3.8, 4) is 5.75 Å². The standard InChI is InChI=1S/C14H19NO4/c1-14(2,13(18)19)8-12(17)15(3)9-10-4-6-11(16)7-5-10/h4-7,16H,8-9H2,1-3H3,(H,18,19). The van der Waals surface area contributed by atoms with E-state index < -0.39 is 11.4 Å². The highest BCUT2D eigenvalue weighted by atomic mass is 16.4. The zero-order valence-electron chi connectivity index (χ0n) is 11.4. The van der Waals surface area contributed by atoms with Crippen LogP contribution in [0, 0.1) is 5.41 Å². The van der Waals surface area contributed by atoms with Crippen LogP contribution in [0.5, 0.6) is 5.75 Å². The van der Waals surface area contributed by atoms with Crippen LogP contribution in [0.4, 0.5) is 0 Å². The molecule has 0 aliphatic heterocycles. The number of aliphatic carboxylic acids is 1. The number of phenolic OH excluding ortho intramolecular Hbond substituents is 1. The van der Waals surface area contributed by atoms with Crippen molar-refractivity contribution in [2.24, 2.45) is 5.41 Å². The maximum atomic E-state index is 11.9. The third kappa shape index (κ3) is 4.28. The van der Waals surface area contributed by atoms with Crippen LogP contribution in [0.15, 0.2) is 24.3 Å². The van der Waals surface area contributed by atoms with Crippen LogP contribution in [0.25, 0.3) is 0 Å². The highest BCUT2D eigenvalue weighted by Gasteiger charge is 2.31. The third-order valence-electron chi connectivity index (χ3n) is 2.95. The number of carbonyl (C=O) groups excluding carboxylic acids is 1. The predicted octanol–water partition coefficient (Wildman–Crippen LogP) is 1.85. The summed E-state index contributed by atoms with van der Waals surface area (Å²) < 4.78 is 0. The van der Waals surface area contributed by atoms with Crippen molar-refractivity contribution in [1.29, 1.82) is 0 Å². The van der Waals surface area contributed by atoms with Gasteiger partial charge in [0.25, 0.3) is 0 Å². The van der Waals surface area contributed by atoms with Crippen molar-refractivity contribution in [3.05, 3.63) is 29.8 Å². The number of benzene rings is 1. The number of phenols is 1. The first-order valence-electron chi connectivity index (χ1n) is 5.97. The molecule has 0 aromatic heterocycles. The number of hydrogen-bond donors (Lipinski definition) is 2. The molecule has 19 heavy (non-hydrogen) atoms. The van der Waals surface area contributed by atoms with Gasteiger partial charge in [-0.1, -0.05) is 12.1 Å². The maximum Gasteiger partial charge on any atom is 0.309 e. The van der Waals surface area contributed by atoms with E-state index >= 15 is 0 Å². The Morgan fingerprint density at radius 1 is 1.21 bits per heavy atom. The van der Waals surface area contributed by atoms with Gasteiger partial charge in [-0.15, -0.1) is 0 Å². The van der Waals surface area contributed by atoms with Crippen LogP contribution in [-0.2, 0) is 16.1 Å². The van der Waals surface area contributed by atoms with Crippen LogP contribution in [0.2, 0.25) is 0 Å². The lowest BCUT2D eigenvalue weighted by atomic mass is 9.89. The van der Waals surface area contributed by atoms with Crippen LogP contribution < -0.4 is 0 Å². The van der Waals surface area contributed by atoms with E-state index in [1.54, 1.807) is 31.3 Å². The normalized spacial score (nSPS) is 11.1. The van der Waals surface area contributed by atoms with E-state index in [0.717, 1.165) is 5.56 Å². The highest BCUT2D eigenvalue weighted by Crippen LogP contribution is 2.22. The fourth-order valence-corrected chi connectivity index (χ4v) is 1.55. The molecule has 0 saturated carbocycles. The Bertz CT molecular complexity index is 465. The van der Waals surface area contributed by atoms with Crippen LogP contribution in [0.3, 0.4) is 0 Å². The molecule has 0 bridgehead atoms. The highest BCUT2D eigenvalue weighted by molar-refractivity contribution is 5.84.